The van der Waals surface area contributed by atoms with Crippen LogP contribution in [0.3, 0.4) is 0 Å². The maximum Gasteiger partial charge on any atom is 0.123 e. The second-order valence-corrected chi connectivity index (χ2v) is 7.87. The summed E-state index contributed by atoms with van der Waals surface area (Å²) in [5.74, 6) is -0.243. The third kappa shape index (κ3) is 3.85. The van der Waals surface area contributed by atoms with Crippen molar-refractivity contribution in [3.05, 3.63) is 126 Å². The van der Waals surface area contributed by atoms with Gasteiger partial charge < -0.3 is 0 Å². The Morgan fingerprint density at radius 2 is 1.19 bits per heavy atom. The fraction of sp³-hybridized carbons (Fsp3) is 0.0690. The fourth-order valence-corrected chi connectivity index (χ4v) is 4.08. The number of nitrogens with zero attached hydrogens (tertiary/aromatic N) is 1. The quantitative estimate of drug-likeness (QED) is 0.301. The summed E-state index contributed by atoms with van der Waals surface area (Å²) < 4.78 is 13.7. The van der Waals surface area contributed by atoms with Gasteiger partial charge in [-0.05, 0) is 47.7 Å². The molecule has 1 aromatic heterocycles. The van der Waals surface area contributed by atoms with Crippen LogP contribution < -0.4 is 0 Å². The number of hydrogen-bond donors (Lipinski definition) is 0. The summed E-state index contributed by atoms with van der Waals surface area (Å²) in [5, 5.41) is 2.30. The van der Waals surface area contributed by atoms with Gasteiger partial charge in [0, 0.05) is 22.9 Å². The molecule has 0 amide bonds. The molecule has 0 radical (unpaired) electrons. The third-order valence-electron chi connectivity index (χ3n) is 5.68. The molecule has 1 nitrogen and oxygen atoms in total. The summed E-state index contributed by atoms with van der Waals surface area (Å²) in [6.07, 6.45) is 0.759. The summed E-state index contributed by atoms with van der Waals surface area (Å²) >= 11 is 0. The van der Waals surface area contributed by atoms with Crippen molar-refractivity contribution in [1.29, 1.82) is 0 Å². The predicted octanol–water partition coefficient (Wildman–Crippen LogP) is 7.61. The van der Waals surface area contributed by atoms with Crippen molar-refractivity contribution in [1.82, 2.24) is 4.98 Å². The SMILES string of the molecule is Cc1ccc(-c2nc(-c3ccc(F)cc3)c(Cc3ccccc3)c3ccccc23)cc1. The van der Waals surface area contributed by atoms with Crippen LogP contribution in [0.15, 0.2) is 103 Å². The van der Waals surface area contributed by atoms with E-state index in [4.69, 9.17) is 4.98 Å². The molecule has 0 atom stereocenters. The lowest BCUT2D eigenvalue weighted by Crippen LogP contribution is -2.00. The molecule has 31 heavy (non-hydrogen) atoms. The Hall–Kier alpha value is -3.78. The van der Waals surface area contributed by atoms with Crippen LogP contribution in [0.1, 0.15) is 16.7 Å². The van der Waals surface area contributed by atoms with E-state index in [-0.39, 0.29) is 5.82 Å². The topological polar surface area (TPSA) is 12.9 Å². The number of pyridine rings is 1. The van der Waals surface area contributed by atoms with Gasteiger partial charge in [-0.3, -0.25) is 0 Å². The van der Waals surface area contributed by atoms with Gasteiger partial charge in [-0.25, -0.2) is 9.37 Å². The van der Waals surface area contributed by atoms with Crippen molar-refractivity contribution >= 4 is 10.8 Å². The maximum absolute atomic E-state index is 13.7. The molecule has 0 saturated heterocycles. The largest absolute Gasteiger partial charge is 0.247 e. The Kier molecular flexibility index (Phi) is 5.05. The standard InChI is InChI=1S/C29H22FN/c1-20-11-13-22(14-12-20)28-26-10-6-5-9-25(26)27(19-21-7-3-2-4-8-21)29(31-28)23-15-17-24(30)18-16-23/h2-18H,19H2,1H3. The number of hydrogen-bond acceptors (Lipinski definition) is 1. The Bertz CT molecular complexity index is 1340. The van der Waals surface area contributed by atoms with Crippen LogP contribution in [0.5, 0.6) is 0 Å². The highest BCUT2D eigenvalue weighted by atomic mass is 19.1. The average molecular weight is 404 g/mol. The highest BCUT2D eigenvalue weighted by Crippen LogP contribution is 2.36. The molecule has 0 spiro atoms. The Labute approximate surface area is 181 Å². The highest BCUT2D eigenvalue weighted by Gasteiger charge is 2.17. The summed E-state index contributed by atoms with van der Waals surface area (Å²) in [7, 11) is 0. The van der Waals surface area contributed by atoms with E-state index in [1.807, 2.05) is 18.2 Å². The number of rotatable bonds is 4. The van der Waals surface area contributed by atoms with Crippen molar-refractivity contribution in [2.24, 2.45) is 0 Å². The summed E-state index contributed by atoms with van der Waals surface area (Å²) in [5.41, 5.74) is 7.45. The number of halogens is 1. The van der Waals surface area contributed by atoms with Gasteiger partial charge in [0.1, 0.15) is 5.82 Å². The van der Waals surface area contributed by atoms with Gasteiger partial charge in [-0.2, -0.15) is 0 Å². The lowest BCUT2D eigenvalue weighted by molar-refractivity contribution is 0.628. The normalized spacial score (nSPS) is 11.0. The molecular weight excluding hydrogens is 381 g/mol. The van der Waals surface area contributed by atoms with Gasteiger partial charge in [0.2, 0.25) is 0 Å². The first-order valence-corrected chi connectivity index (χ1v) is 10.5. The smallest absolute Gasteiger partial charge is 0.123 e. The summed E-state index contributed by atoms with van der Waals surface area (Å²) in [4.78, 5) is 5.17. The second kappa shape index (κ2) is 8.16. The molecule has 0 N–H and O–H groups in total. The van der Waals surface area contributed by atoms with Crippen LogP contribution in [0.2, 0.25) is 0 Å². The van der Waals surface area contributed by atoms with E-state index in [1.54, 1.807) is 0 Å². The van der Waals surface area contributed by atoms with Crippen molar-refractivity contribution in [3.8, 4) is 22.5 Å². The molecule has 5 aromatic rings. The van der Waals surface area contributed by atoms with Crippen LogP contribution in [0.25, 0.3) is 33.3 Å². The molecule has 0 bridgehead atoms. The summed E-state index contributed by atoms with van der Waals surface area (Å²) in [6.45, 7) is 2.09. The van der Waals surface area contributed by atoms with Crippen LogP contribution >= 0.6 is 0 Å². The summed E-state index contributed by atoms with van der Waals surface area (Å²) in [6, 6.07) is 34.0. The van der Waals surface area contributed by atoms with Gasteiger partial charge in [0.05, 0.1) is 11.4 Å². The number of fused-ring (bicyclic) bond motifs is 1. The maximum atomic E-state index is 13.7. The predicted molar refractivity (Wildman–Crippen MR) is 127 cm³/mol. The lowest BCUT2D eigenvalue weighted by atomic mass is 9.92. The van der Waals surface area contributed by atoms with Gasteiger partial charge >= 0.3 is 0 Å². The highest BCUT2D eigenvalue weighted by molar-refractivity contribution is 5.99. The van der Waals surface area contributed by atoms with E-state index in [0.29, 0.717) is 0 Å². The first kappa shape index (κ1) is 19.2. The zero-order chi connectivity index (χ0) is 21.2. The number of benzene rings is 4. The van der Waals surface area contributed by atoms with E-state index < -0.39 is 0 Å². The molecular formula is C29H22FN. The van der Waals surface area contributed by atoms with Crippen LogP contribution in [0.4, 0.5) is 4.39 Å². The Morgan fingerprint density at radius 3 is 1.90 bits per heavy atom. The zero-order valence-corrected chi connectivity index (χ0v) is 17.3. The fourth-order valence-electron chi connectivity index (χ4n) is 4.08. The molecule has 0 fully saturated rings. The van der Waals surface area contributed by atoms with Gasteiger partial charge in [-0.1, -0.05) is 84.4 Å². The molecule has 0 unspecified atom stereocenters. The molecule has 0 aliphatic carbocycles. The van der Waals surface area contributed by atoms with Gasteiger partial charge in [0.25, 0.3) is 0 Å². The van der Waals surface area contributed by atoms with E-state index >= 15 is 0 Å². The van der Waals surface area contributed by atoms with Crippen molar-refractivity contribution in [2.75, 3.05) is 0 Å². The van der Waals surface area contributed by atoms with Gasteiger partial charge in [-0.15, -0.1) is 0 Å². The molecule has 4 aromatic carbocycles. The van der Waals surface area contributed by atoms with Crippen molar-refractivity contribution in [2.45, 2.75) is 13.3 Å². The average Bonchev–Trinajstić information content (AvgIpc) is 2.81. The van der Waals surface area contributed by atoms with Crippen LogP contribution in [-0.4, -0.2) is 4.98 Å². The number of aromatic nitrogens is 1. The monoisotopic (exact) mass is 403 g/mol. The molecule has 0 aliphatic rings. The molecule has 2 heteroatoms. The van der Waals surface area contributed by atoms with Crippen LogP contribution in [0, 0.1) is 12.7 Å². The number of aryl methyl sites for hydroxylation is 1. The minimum absolute atomic E-state index is 0.243. The van der Waals surface area contributed by atoms with Gasteiger partial charge in [0.15, 0.2) is 0 Å². The Balaban J connectivity index is 1.81. The molecule has 150 valence electrons. The molecule has 5 rings (SSSR count). The van der Waals surface area contributed by atoms with Crippen molar-refractivity contribution in [3.63, 3.8) is 0 Å². The minimum atomic E-state index is -0.243. The van der Waals surface area contributed by atoms with Crippen molar-refractivity contribution < 1.29 is 4.39 Å². The van der Waals surface area contributed by atoms with E-state index in [1.165, 1.54) is 28.6 Å². The van der Waals surface area contributed by atoms with E-state index in [2.05, 4.69) is 79.7 Å². The molecule has 0 saturated carbocycles. The lowest BCUT2D eigenvalue weighted by Gasteiger charge is -2.17. The first-order valence-electron chi connectivity index (χ1n) is 10.5. The van der Waals surface area contributed by atoms with E-state index in [0.717, 1.165) is 39.9 Å². The zero-order valence-electron chi connectivity index (χ0n) is 17.3. The molecule has 1 heterocycles. The Morgan fingerprint density at radius 1 is 0.613 bits per heavy atom. The molecule has 0 aliphatic heterocycles. The second-order valence-electron chi connectivity index (χ2n) is 7.87. The minimum Gasteiger partial charge on any atom is -0.247 e. The van der Waals surface area contributed by atoms with E-state index in [9.17, 15) is 4.39 Å². The van der Waals surface area contributed by atoms with Crippen LogP contribution in [-0.2, 0) is 6.42 Å². The third-order valence-corrected chi connectivity index (χ3v) is 5.68. The first-order chi connectivity index (χ1) is 15.2.